The Bertz CT molecular complexity index is 362. The molecule has 0 fully saturated rings. The molecule has 2 N–H and O–H groups in total. The molecule has 0 spiro atoms. The van der Waals surface area contributed by atoms with Crippen LogP contribution < -0.4 is 10.6 Å². The van der Waals surface area contributed by atoms with Gasteiger partial charge in [-0.3, -0.25) is 4.79 Å². The quantitative estimate of drug-likeness (QED) is 0.778. The lowest BCUT2D eigenvalue weighted by Crippen LogP contribution is -2.22. The van der Waals surface area contributed by atoms with Gasteiger partial charge in [0.2, 0.25) is 0 Å². The van der Waals surface area contributed by atoms with E-state index >= 15 is 0 Å². The summed E-state index contributed by atoms with van der Waals surface area (Å²) in [6, 6.07) is 1.97. The Morgan fingerprint density at radius 1 is 1.71 bits per heavy atom. The molecule has 0 aromatic carbocycles. The first kappa shape index (κ1) is 10.0. The molecule has 1 aliphatic heterocycles. The normalized spacial score (nSPS) is 15.4. The highest BCUT2D eigenvalue weighted by atomic mass is 32.2. The van der Waals surface area contributed by atoms with Crippen molar-refractivity contribution < 1.29 is 4.79 Å². The minimum Gasteiger partial charge on any atom is -0.365 e. The van der Waals surface area contributed by atoms with E-state index in [1.54, 1.807) is 11.3 Å². The molecular weight excluding hydrogens is 216 g/mol. The molecule has 1 aromatic heterocycles. The van der Waals surface area contributed by atoms with Crippen molar-refractivity contribution in [3.05, 3.63) is 10.9 Å². The maximum atomic E-state index is 11.4. The Hall–Kier alpha value is -0.520. The number of hydrogen-bond acceptors (Lipinski definition) is 5. The molecule has 0 bridgehead atoms. The number of thiophene rings is 1. The number of carbonyl (C=O) groups is 1. The van der Waals surface area contributed by atoms with E-state index in [1.807, 2.05) is 17.8 Å². The Morgan fingerprint density at radius 2 is 2.50 bits per heavy atom. The topological polar surface area (TPSA) is 46.3 Å². The van der Waals surface area contributed by atoms with Crippen LogP contribution in [-0.2, 0) is 0 Å². The summed E-state index contributed by atoms with van der Waals surface area (Å²) in [5, 5.41) is 1.21. The third-order valence-corrected chi connectivity index (χ3v) is 4.60. The summed E-state index contributed by atoms with van der Waals surface area (Å²) in [6.45, 7) is 1.15. The van der Waals surface area contributed by atoms with Crippen LogP contribution in [-0.4, -0.2) is 31.7 Å². The summed E-state index contributed by atoms with van der Waals surface area (Å²) in [7, 11) is 2.06. The van der Waals surface area contributed by atoms with E-state index in [4.69, 9.17) is 5.73 Å². The van der Waals surface area contributed by atoms with Gasteiger partial charge in [0, 0.05) is 24.2 Å². The molecule has 2 rings (SSSR count). The smallest absolute Gasteiger partial charge is 0.186 e. The molecule has 0 saturated heterocycles. The van der Waals surface area contributed by atoms with E-state index in [0.717, 1.165) is 17.2 Å². The lowest BCUT2D eigenvalue weighted by atomic mass is 10.3. The van der Waals surface area contributed by atoms with Crippen molar-refractivity contribution in [2.45, 2.75) is 4.90 Å². The maximum Gasteiger partial charge on any atom is 0.186 e. The molecule has 3 nitrogen and oxygen atoms in total. The lowest BCUT2D eigenvalue weighted by Gasteiger charge is -2.22. The zero-order chi connectivity index (χ0) is 10.1. The first-order chi connectivity index (χ1) is 6.72. The molecule has 1 aliphatic rings. The number of anilines is 1. The average molecular weight is 228 g/mol. The molecule has 0 radical (unpaired) electrons. The number of carbonyl (C=O) groups excluding carboxylic acids is 1. The SMILES string of the molecule is CN1CCSc2cc(C(=O)CN)sc21. The van der Waals surface area contributed by atoms with Gasteiger partial charge in [-0.2, -0.15) is 0 Å². The predicted molar refractivity (Wildman–Crippen MR) is 61.7 cm³/mol. The number of nitrogens with two attached hydrogens (primary N) is 1. The van der Waals surface area contributed by atoms with Crippen LogP contribution in [0.5, 0.6) is 0 Å². The van der Waals surface area contributed by atoms with Gasteiger partial charge in [-0.15, -0.1) is 23.1 Å². The third kappa shape index (κ3) is 1.67. The van der Waals surface area contributed by atoms with Gasteiger partial charge in [-0.25, -0.2) is 0 Å². The van der Waals surface area contributed by atoms with E-state index in [2.05, 4.69) is 11.9 Å². The van der Waals surface area contributed by atoms with Gasteiger partial charge in [-0.05, 0) is 6.07 Å². The van der Waals surface area contributed by atoms with Gasteiger partial charge >= 0.3 is 0 Å². The first-order valence-corrected chi connectivity index (χ1v) is 6.23. The second-order valence-electron chi connectivity index (χ2n) is 3.18. The monoisotopic (exact) mass is 228 g/mol. The molecule has 1 aromatic rings. The number of hydrogen-bond donors (Lipinski definition) is 1. The van der Waals surface area contributed by atoms with Crippen molar-refractivity contribution in [3.8, 4) is 0 Å². The number of thioether (sulfide) groups is 1. The van der Waals surface area contributed by atoms with Crippen LogP contribution in [0.3, 0.4) is 0 Å². The van der Waals surface area contributed by atoms with Crippen molar-refractivity contribution in [2.24, 2.45) is 5.73 Å². The minimum atomic E-state index is 0.0402. The minimum absolute atomic E-state index is 0.0402. The molecule has 76 valence electrons. The standard InChI is InChI=1S/C9H12N2OS2/c1-11-2-3-13-8-4-7(6(12)5-10)14-9(8)11/h4H,2-3,5,10H2,1H3. The Morgan fingerprint density at radius 3 is 3.14 bits per heavy atom. The van der Waals surface area contributed by atoms with E-state index < -0.39 is 0 Å². The fraction of sp³-hybridized carbons (Fsp3) is 0.444. The summed E-state index contributed by atoms with van der Waals surface area (Å²) in [5.74, 6) is 1.13. The maximum absolute atomic E-state index is 11.4. The van der Waals surface area contributed by atoms with E-state index in [0.29, 0.717) is 0 Å². The van der Waals surface area contributed by atoms with Crippen molar-refractivity contribution in [1.29, 1.82) is 0 Å². The second kappa shape index (κ2) is 3.92. The van der Waals surface area contributed by atoms with E-state index in [9.17, 15) is 4.79 Å². The number of rotatable bonds is 2. The fourth-order valence-corrected chi connectivity index (χ4v) is 3.80. The number of nitrogens with zero attached hydrogens (tertiary/aromatic N) is 1. The highest BCUT2D eigenvalue weighted by Crippen LogP contribution is 2.40. The number of fused-ring (bicyclic) bond motifs is 1. The Labute approximate surface area is 91.3 Å². The number of Topliss-reactive ketones (excluding diaryl/α,β-unsaturated/α-hetero) is 1. The zero-order valence-corrected chi connectivity index (χ0v) is 9.58. The third-order valence-electron chi connectivity index (χ3n) is 2.17. The van der Waals surface area contributed by atoms with Gasteiger partial charge in [0.25, 0.3) is 0 Å². The summed E-state index contributed by atoms with van der Waals surface area (Å²) in [4.78, 5) is 15.6. The molecule has 14 heavy (non-hydrogen) atoms. The van der Waals surface area contributed by atoms with E-state index in [1.165, 1.54) is 9.90 Å². The lowest BCUT2D eigenvalue weighted by molar-refractivity contribution is 0.100. The average Bonchev–Trinajstić information content (AvgIpc) is 2.62. The molecule has 0 atom stereocenters. The van der Waals surface area contributed by atoms with Crippen LogP contribution in [0, 0.1) is 0 Å². The highest BCUT2D eigenvalue weighted by Gasteiger charge is 2.20. The predicted octanol–water partition coefficient (Wildman–Crippen LogP) is 1.43. The van der Waals surface area contributed by atoms with Crippen LogP contribution in [0.4, 0.5) is 5.00 Å². The van der Waals surface area contributed by atoms with Crippen molar-refractivity contribution >= 4 is 33.9 Å². The molecule has 0 aliphatic carbocycles. The van der Waals surface area contributed by atoms with E-state index in [-0.39, 0.29) is 12.3 Å². The largest absolute Gasteiger partial charge is 0.365 e. The summed E-state index contributed by atoms with van der Waals surface area (Å²) in [6.07, 6.45) is 0. The summed E-state index contributed by atoms with van der Waals surface area (Å²) in [5.41, 5.74) is 5.33. The van der Waals surface area contributed by atoms with Crippen LogP contribution in [0.2, 0.25) is 0 Å². The van der Waals surface area contributed by atoms with Gasteiger partial charge in [-0.1, -0.05) is 0 Å². The zero-order valence-electron chi connectivity index (χ0n) is 7.95. The Kier molecular flexibility index (Phi) is 2.80. The second-order valence-corrected chi connectivity index (χ2v) is 5.34. The molecule has 0 unspecified atom stereocenters. The summed E-state index contributed by atoms with van der Waals surface area (Å²) >= 11 is 3.37. The Balaban J connectivity index is 2.35. The van der Waals surface area contributed by atoms with Crippen molar-refractivity contribution in [3.63, 3.8) is 0 Å². The molecule has 0 amide bonds. The van der Waals surface area contributed by atoms with Gasteiger partial charge in [0.1, 0.15) is 5.00 Å². The van der Waals surface area contributed by atoms with Crippen LogP contribution in [0.1, 0.15) is 9.67 Å². The van der Waals surface area contributed by atoms with Crippen LogP contribution in [0.15, 0.2) is 11.0 Å². The molecule has 5 heteroatoms. The molecular formula is C9H12N2OS2. The van der Waals surface area contributed by atoms with Crippen molar-refractivity contribution in [1.82, 2.24) is 0 Å². The van der Waals surface area contributed by atoms with Gasteiger partial charge in [0.15, 0.2) is 5.78 Å². The summed E-state index contributed by atoms with van der Waals surface area (Å²) < 4.78 is 0. The van der Waals surface area contributed by atoms with Gasteiger partial charge in [0.05, 0.1) is 11.4 Å². The van der Waals surface area contributed by atoms with Crippen LogP contribution in [0.25, 0.3) is 0 Å². The first-order valence-electron chi connectivity index (χ1n) is 4.43. The molecule has 0 saturated carbocycles. The highest BCUT2D eigenvalue weighted by molar-refractivity contribution is 7.99. The molecule has 2 heterocycles. The van der Waals surface area contributed by atoms with Crippen LogP contribution >= 0.6 is 23.1 Å². The number of ketones is 1. The fourth-order valence-electron chi connectivity index (χ4n) is 1.37. The van der Waals surface area contributed by atoms with Gasteiger partial charge < -0.3 is 10.6 Å². The van der Waals surface area contributed by atoms with Crippen molar-refractivity contribution in [2.75, 3.05) is 30.8 Å².